The standard InChI is InChI=1S/C15H21ClO3/c1-3-15(19,4-2)10-12(14(17)18)9-11-7-5-6-8-13(11)16/h5-8,12,19H,3-4,9-10H2,1-2H3,(H,17,18). The van der Waals surface area contributed by atoms with E-state index >= 15 is 0 Å². The van der Waals surface area contributed by atoms with Crippen LogP contribution in [0.15, 0.2) is 24.3 Å². The average molecular weight is 285 g/mol. The number of halogens is 1. The van der Waals surface area contributed by atoms with Crippen LogP contribution in [0.3, 0.4) is 0 Å². The zero-order valence-corrected chi connectivity index (χ0v) is 12.2. The number of rotatable bonds is 7. The second-order valence-corrected chi connectivity index (χ2v) is 5.37. The van der Waals surface area contributed by atoms with Crippen LogP contribution < -0.4 is 0 Å². The van der Waals surface area contributed by atoms with E-state index < -0.39 is 17.5 Å². The van der Waals surface area contributed by atoms with Gasteiger partial charge in [-0.05, 0) is 37.3 Å². The van der Waals surface area contributed by atoms with Gasteiger partial charge in [-0.3, -0.25) is 4.79 Å². The van der Waals surface area contributed by atoms with Gasteiger partial charge in [-0.2, -0.15) is 0 Å². The van der Waals surface area contributed by atoms with Crippen molar-refractivity contribution in [3.63, 3.8) is 0 Å². The SMILES string of the molecule is CCC(O)(CC)CC(Cc1ccccc1Cl)C(=O)O. The zero-order chi connectivity index (χ0) is 14.5. The van der Waals surface area contributed by atoms with Crippen molar-refractivity contribution in [1.82, 2.24) is 0 Å². The summed E-state index contributed by atoms with van der Waals surface area (Å²) in [5, 5.41) is 20.2. The van der Waals surface area contributed by atoms with Crippen LogP contribution in [0.2, 0.25) is 5.02 Å². The fourth-order valence-corrected chi connectivity index (χ4v) is 2.39. The van der Waals surface area contributed by atoms with E-state index in [1.54, 1.807) is 6.07 Å². The molecule has 0 aliphatic rings. The van der Waals surface area contributed by atoms with Gasteiger partial charge < -0.3 is 10.2 Å². The minimum atomic E-state index is -0.912. The summed E-state index contributed by atoms with van der Waals surface area (Å²) in [6.45, 7) is 3.75. The largest absolute Gasteiger partial charge is 0.481 e. The van der Waals surface area contributed by atoms with Gasteiger partial charge in [-0.15, -0.1) is 0 Å². The third kappa shape index (κ3) is 4.51. The Hall–Kier alpha value is -1.06. The average Bonchev–Trinajstić information content (AvgIpc) is 2.40. The fourth-order valence-electron chi connectivity index (χ4n) is 2.17. The van der Waals surface area contributed by atoms with E-state index in [9.17, 15) is 15.0 Å². The van der Waals surface area contributed by atoms with Gasteiger partial charge in [0.25, 0.3) is 0 Å². The molecule has 0 saturated heterocycles. The lowest BCUT2D eigenvalue weighted by Gasteiger charge is -2.28. The number of aliphatic carboxylic acids is 1. The molecule has 1 unspecified atom stereocenters. The predicted octanol–water partition coefficient (Wildman–Crippen LogP) is 3.52. The van der Waals surface area contributed by atoms with Crippen molar-refractivity contribution >= 4 is 17.6 Å². The lowest BCUT2D eigenvalue weighted by atomic mass is 9.83. The molecule has 0 aliphatic carbocycles. The van der Waals surface area contributed by atoms with Gasteiger partial charge >= 0.3 is 5.97 Å². The van der Waals surface area contributed by atoms with E-state index in [1.807, 2.05) is 32.0 Å². The van der Waals surface area contributed by atoms with Gasteiger partial charge in [-0.1, -0.05) is 43.6 Å². The van der Waals surface area contributed by atoms with E-state index in [0.29, 0.717) is 24.3 Å². The molecule has 2 N–H and O–H groups in total. The Bertz CT molecular complexity index is 427. The van der Waals surface area contributed by atoms with Crippen LogP contribution in [0, 0.1) is 5.92 Å². The summed E-state index contributed by atoms with van der Waals surface area (Å²) >= 11 is 6.06. The van der Waals surface area contributed by atoms with Crippen LogP contribution >= 0.6 is 11.6 Å². The Labute approximate surface area is 119 Å². The molecule has 0 fully saturated rings. The van der Waals surface area contributed by atoms with E-state index in [2.05, 4.69) is 0 Å². The molecule has 0 aliphatic heterocycles. The Balaban J connectivity index is 2.85. The number of hydrogen-bond donors (Lipinski definition) is 2. The van der Waals surface area contributed by atoms with Crippen molar-refractivity contribution in [1.29, 1.82) is 0 Å². The molecule has 1 rings (SSSR count). The van der Waals surface area contributed by atoms with E-state index in [-0.39, 0.29) is 6.42 Å². The lowest BCUT2D eigenvalue weighted by molar-refractivity contribution is -0.144. The summed E-state index contributed by atoms with van der Waals surface area (Å²) in [5.74, 6) is -1.51. The van der Waals surface area contributed by atoms with Crippen LogP contribution in [0.25, 0.3) is 0 Å². The highest BCUT2D eigenvalue weighted by Crippen LogP contribution is 2.28. The molecule has 1 aromatic rings. The van der Waals surface area contributed by atoms with Gasteiger partial charge in [0.2, 0.25) is 0 Å². The summed E-state index contributed by atoms with van der Waals surface area (Å²) in [5.41, 5.74) is -0.101. The van der Waals surface area contributed by atoms with Crippen molar-refractivity contribution in [2.75, 3.05) is 0 Å². The number of hydrogen-bond acceptors (Lipinski definition) is 2. The van der Waals surface area contributed by atoms with Crippen molar-refractivity contribution in [2.24, 2.45) is 5.92 Å². The van der Waals surface area contributed by atoms with Crippen LogP contribution in [0.4, 0.5) is 0 Å². The molecule has 4 heteroatoms. The number of carboxylic acid groups (broad SMARTS) is 1. The van der Waals surface area contributed by atoms with Crippen LogP contribution in [0.1, 0.15) is 38.7 Å². The monoisotopic (exact) mass is 284 g/mol. The molecular formula is C15H21ClO3. The molecule has 0 heterocycles. The number of carbonyl (C=O) groups is 1. The Morgan fingerprint density at radius 3 is 2.37 bits per heavy atom. The first kappa shape index (κ1) is 16.0. The molecule has 0 aromatic heterocycles. The molecule has 0 spiro atoms. The van der Waals surface area contributed by atoms with Crippen molar-refractivity contribution in [3.8, 4) is 0 Å². The van der Waals surface area contributed by atoms with Gasteiger partial charge in [0.1, 0.15) is 0 Å². The van der Waals surface area contributed by atoms with Gasteiger partial charge in [0, 0.05) is 5.02 Å². The van der Waals surface area contributed by atoms with Crippen molar-refractivity contribution in [3.05, 3.63) is 34.9 Å². The maximum absolute atomic E-state index is 11.4. The van der Waals surface area contributed by atoms with Gasteiger partial charge in [0.15, 0.2) is 0 Å². The predicted molar refractivity (Wildman–Crippen MR) is 76.4 cm³/mol. The molecular weight excluding hydrogens is 264 g/mol. The van der Waals surface area contributed by atoms with Crippen molar-refractivity contribution in [2.45, 2.75) is 45.1 Å². The minimum absolute atomic E-state index is 0.251. The van der Waals surface area contributed by atoms with Gasteiger partial charge in [-0.25, -0.2) is 0 Å². The van der Waals surface area contributed by atoms with E-state index in [4.69, 9.17) is 11.6 Å². The third-order valence-corrected chi connectivity index (χ3v) is 4.08. The van der Waals surface area contributed by atoms with E-state index in [1.165, 1.54) is 0 Å². The first-order valence-electron chi connectivity index (χ1n) is 6.60. The number of carboxylic acids is 1. The Morgan fingerprint density at radius 2 is 1.89 bits per heavy atom. The first-order chi connectivity index (χ1) is 8.91. The Kier molecular flexibility index (Phi) is 5.83. The molecule has 0 radical (unpaired) electrons. The highest BCUT2D eigenvalue weighted by Gasteiger charge is 2.31. The summed E-state index contributed by atoms with van der Waals surface area (Å²) in [6, 6.07) is 7.23. The molecule has 0 bridgehead atoms. The summed E-state index contributed by atoms with van der Waals surface area (Å²) in [4.78, 5) is 11.4. The topological polar surface area (TPSA) is 57.5 Å². The molecule has 0 saturated carbocycles. The fraction of sp³-hybridized carbons (Fsp3) is 0.533. The molecule has 106 valence electrons. The maximum Gasteiger partial charge on any atom is 0.306 e. The molecule has 1 aromatic carbocycles. The quantitative estimate of drug-likeness (QED) is 0.805. The highest BCUT2D eigenvalue weighted by molar-refractivity contribution is 6.31. The van der Waals surface area contributed by atoms with Crippen molar-refractivity contribution < 1.29 is 15.0 Å². The van der Waals surface area contributed by atoms with Crippen LogP contribution in [-0.4, -0.2) is 21.8 Å². The smallest absolute Gasteiger partial charge is 0.306 e. The molecule has 3 nitrogen and oxygen atoms in total. The summed E-state index contributed by atoms with van der Waals surface area (Å²) < 4.78 is 0. The highest BCUT2D eigenvalue weighted by atomic mass is 35.5. The first-order valence-corrected chi connectivity index (χ1v) is 6.98. The third-order valence-electron chi connectivity index (χ3n) is 3.72. The maximum atomic E-state index is 11.4. The Morgan fingerprint density at radius 1 is 1.32 bits per heavy atom. The van der Waals surface area contributed by atoms with Gasteiger partial charge in [0.05, 0.1) is 11.5 Å². The summed E-state index contributed by atoms with van der Waals surface area (Å²) in [7, 11) is 0. The summed E-state index contributed by atoms with van der Waals surface area (Å²) in [6.07, 6.45) is 1.70. The van der Waals surface area contributed by atoms with Crippen LogP contribution in [-0.2, 0) is 11.2 Å². The second kappa shape index (κ2) is 6.92. The normalized spacial score (nSPS) is 13.3. The van der Waals surface area contributed by atoms with Crippen LogP contribution in [0.5, 0.6) is 0 Å². The molecule has 0 amide bonds. The molecule has 1 atom stereocenters. The second-order valence-electron chi connectivity index (χ2n) is 4.97. The minimum Gasteiger partial charge on any atom is -0.481 e. The number of aliphatic hydroxyl groups is 1. The molecule has 19 heavy (non-hydrogen) atoms. The zero-order valence-electron chi connectivity index (χ0n) is 11.4. The van der Waals surface area contributed by atoms with E-state index in [0.717, 1.165) is 5.56 Å². The number of benzene rings is 1. The lowest BCUT2D eigenvalue weighted by Crippen LogP contribution is -2.33.